The number of hydrogen-bond acceptors (Lipinski definition) is 4. The molecule has 0 aromatic heterocycles. The summed E-state index contributed by atoms with van der Waals surface area (Å²) in [6.07, 6.45) is 0. The van der Waals surface area contributed by atoms with Crippen LogP contribution < -0.4 is 5.32 Å². The molecule has 134 valence electrons. The highest BCUT2D eigenvalue weighted by Crippen LogP contribution is 2.38. The minimum absolute atomic E-state index is 0.141. The van der Waals surface area contributed by atoms with Crippen LogP contribution in [0.25, 0.3) is 5.70 Å². The predicted molar refractivity (Wildman–Crippen MR) is 91.8 cm³/mol. The van der Waals surface area contributed by atoms with Crippen molar-refractivity contribution in [3.05, 3.63) is 52.5 Å². The number of dihydropyridines is 1. The quantitative estimate of drug-likeness (QED) is 0.799. The van der Waals surface area contributed by atoms with Crippen molar-refractivity contribution in [2.24, 2.45) is 11.8 Å². The van der Waals surface area contributed by atoms with Gasteiger partial charge in [-0.3, -0.25) is 0 Å². The molecule has 0 amide bonds. The van der Waals surface area contributed by atoms with E-state index < -0.39 is 23.7 Å². The maximum atomic E-state index is 13.3. The SMILES string of the molecule is CCOC(=O)C1=C(c2ccc(F)cc2)NC(C)=C(C(=O)O)C1C(C)C. The van der Waals surface area contributed by atoms with E-state index in [0.717, 1.165) is 0 Å². The Labute approximate surface area is 146 Å². The van der Waals surface area contributed by atoms with Crippen LogP contribution in [0.1, 0.15) is 33.3 Å². The zero-order valence-electron chi connectivity index (χ0n) is 14.7. The van der Waals surface area contributed by atoms with Gasteiger partial charge in [0.05, 0.1) is 23.5 Å². The van der Waals surface area contributed by atoms with E-state index in [4.69, 9.17) is 4.74 Å². The molecule has 1 unspecified atom stereocenters. The topological polar surface area (TPSA) is 75.6 Å². The van der Waals surface area contributed by atoms with Crippen LogP contribution in [-0.2, 0) is 14.3 Å². The third-order valence-corrected chi connectivity index (χ3v) is 4.13. The first-order valence-electron chi connectivity index (χ1n) is 8.16. The molecule has 1 aliphatic rings. The number of aliphatic carboxylic acids is 1. The number of carbonyl (C=O) groups is 2. The Balaban J connectivity index is 2.70. The molecule has 25 heavy (non-hydrogen) atoms. The number of carbonyl (C=O) groups excluding carboxylic acids is 1. The smallest absolute Gasteiger partial charge is 0.336 e. The van der Waals surface area contributed by atoms with E-state index in [2.05, 4.69) is 5.32 Å². The van der Waals surface area contributed by atoms with E-state index in [1.165, 1.54) is 12.1 Å². The number of ether oxygens (including phenoxy) is 1. The summed E-state index contributed by atoms with van der Waals surface area (Å²) in [4.78, 5) is 24.4. The molecule has 2 rings (SSSR count). The molecule has 0 bridgehead atoms. The van der Waals surface area contributed by atoms with Crippen LogP contribution in [0, 0.1) is 17.7 Å². The molecule has 1 aromatic carbocycles. The second-order valence-corrected chi connectivity index (χ2v) is 6.21. The molecule has 1 aliphatic heterocycles. The van der Waals surface area contributed by atoms with E-state index in [0.29, 0.717) is 17.0 Å². The van der Waals surface area contributed by atoms with Gasteiger partial charge in [-0.1, -0.05) is 13.8 Å². The number of esters is 1. The van der Waals surface area contributed by atoms with Crippen LogP contribution in [0.5, 0.6) is 0 Å². The van der Waals surface area contributed by atoms with Crippen LogP contribution in [-0.4, -0.2) is 23.7 Å². The number of nitrogens with one attached hydrogen (secondary N) is 1. The predicted octanol–water partition coefficient (Wildman–Crippen LogP) is 3.33. The van der Waals surface area contributed by atoms with Gasteiger partial charge in [0, 0.05) is 11.6 Å². The lowest BCUT2D eigenvalue weighted by Gasteiger charge is -2.32. The van der Waals surface area contributed by atoms with Gasteiger partial charge < -0.3 is 15.2 Å². The molecule has 0 saturated carbocycles. The molecular weight excluding hydrogens is 325 g/mol. The Morgan fingerprint density at radius 3 is 2.32 bits per heavy atom. The lowest BCUT2D eigenvalue weighted by Crippen LogP contribution is -2.35. The van der Waals surface area contributed by atoms with Crippen molar-refractivity contribution < 1.29 is 23.8 Å². The van der Waals surface area contributed by atoms with Crippen LogP contribution in [0.2, 0.25) is 0 Å². The minimum atomic E-state index is -1.08. The van der Waals surface area contributed by atoms with E-state index in [9.17, 15) is 19.1 Å². The second kappa shape index (κ2) is 7.51. The Hall–Kier alpha value is -2.63. The summed E-state index contributed by atoms with van der Waals surface area (Å²) in [6.45, 7) is 7.23. The fourth-order valence-corrected chi connectivity index (χ4v) is 3.10. The van der Waals surface area contributed by atoms with E-state index >= 15 is 0 Å². The normalized spacial score (nSPS) is 17.6. The minimum Gasteiger partial charge on any atom is -0.478 e. The fraction of sp³-hybridized carbons (Fsp3) is 0.368. The molecule has 1 heterocycles. The molecule has 0 saturated heterocycles. The van der Waals surface area contributed by atoms with Crippen molar-refractivity contribution in [1.82, 2.24) is 5.32 Å². The van der Waals surface area contributed by atoms with Gasteiger partial charge in [-0.25, -0.2) is 14.0 Å². The lowest BCUT2D eigenvalue weighted by molar-refractivity contribution is -0.139. The molecule has 0 fully saturated rings. The van der Waals surface area contributed by atoms with Crippen molar-refractivity contribution in [3.63, 3.8) is 0 Å². The molecule has 1 aromatic rings. The van der Waals surface area contributed by atoms with Gasteiger partial charge in [0.2, 0.25) is 0 Å². The number of allylic oxidation sites excluding steroid dienone is 1. The summed E-state index contributed by atoms with van der Waals surface area (Å²) in [5.41, 5.74) is 1.91. The molecule has 2 N–H and O–H groups in total. The first kappa shape index (κ1) is 18.7. The number of carboxylic acid groups (broad SMARTS) is 1. The molecule has 5 nitrogen and oxygen atoms in total. The van der Waals surface area contributed by atoms with Crippen LogP contribution in [0.15, 0.2) is 41.1 Å². The third-order valence-electron chi connectivity index (χ3n) is 4.13. The molecule has 0 spiro atoms. The zero-order valence-corrected chi connectivity index (χ0v) is 14.7. The van der Waals surface area contributed by atoms with Crippen molar-refractivity contribution in [2.45, 2.75) is 27.7 Å². The Bertz CT molecular complexity index is 747. The summed E-state index contributed by atoms with van der Waals surface area (Å²) in [5, 5.41) is 12.6. The molecule has 1 atom stereocenters. The first-order chi connectivity index (χ1) is 11.8. The number of carboxylic acids is 1. The fourth-order valence-electron chi connectivity index (χ4n) is 3.10. The zero-order chi connectivity index (χ0) is 18.7. The summed E-state index contributed by atoms with van der Waals surface area (Å²) in [5.74, 6) is -2.81. The summed E-state index contributed by atoms with van der Waals surface area (Å²) >= 11 is 0. The standard InChI is InChI=1S/C19H22FNO4/c1-5-25-19(24)16-14(10(2)3)15(18(22)23)11(4)21-17(16)12-6-8-13(20)9-7-12/h6-10,14,21H,5H2,1-4H3,(H,22,23). The summed E-state index contributed by atoms with van der Waals surface area (Å²) < 4.78 is 18.4. The second-order valence-electron chi connectivity index (χ2n) is 6.21. The maximum absolute atomic E-state index is 13.3. The lowest BCUT2D eigenvalue weighted by atomic mass is 9.77. The maximum Gasteiger partial charge on any atom is 0.336 e. The highest BCUT2D eigenvalue weighted by Gasteiger charge is 2.39. The molecular formula is C19H22FNO4. The first-order valence-corrected chi connectivity index (χ1v) is 8.16. The van der Waals surface area contributed by atoms with Crippen molar-refractivity contribution in [1.29, 1.82) is 0 Å². The summed E-state index contributed by atoms with van der Waals surface area (Å²) in [6, 6.07) is 5.69. The molecule has 0 aliphatic carbocycles. The number of halogens is 1. The average Bonchev–Trinajstić information content (AvgIpc) is 2.54. The monoisotopic (exact) mass is 347 g/mol. The van der Waals surface area contributed by atoms with Gasteiger partial charge in [0.15, 0.2) is 0 Å². The van der Waals surface area contributed by atoms with Crippen LogP contribution in [0.4, 0.5) is 4.39 Å². The Morgan fingerprint density at radius 1 is 1.24 bits per heavy atom. The number of rotatable bonds is 5. The Kier molecular flexibility index (Phi) is 5.62. The summed E-state index contributed by atoms with van der Waals surface area (Å²) in [7, 11) is 0. The van der Waals surface area contributed by atoms with Crippen molar-refractivity contribution in [3.8, 4) is 0 Å². The van der Waals surface area contributed by atoms with Gasteiger partial charge >= 0.3 is 11.9 Å². The number of hydrogen-bond donors (Lipinski definition) is 2. The Morgan fingerprint density at radius 2 is 1.84 bits per heavy atom. The molecule has 0 radical (unpaired) electrons. The van der Waals surface area contributed by atoms with Crippen molar-refractivity contribution in [2.75, 3.05) is 6.61 Å². The number of benzene rings is 1. The van der Waals surface area contributed by atoms with Gasteiger partial charge in [-0.15, -0.1) is 0 Å². The van der Waals surface area contributed by atoms with Gasteiger partial charge in [-0.2, -0.15) is 0 Å². The van der Waals surface area contributed by atoms with E-state index in [1.54, 1.807) is 26.0 Å². The third kappa shape index (κ3) is 3.73. The highest BCUT2D eigenvalue weighted by molar-refractivity contribution is 6.03. The average molecular weight is 347 g/mol. The van der Waals surface area contributed by atoms with Crippen LogP contribution in [0.3, 0.4) is 0 Å². The van der Waals surface area contributed by atoms with Gasteiger partial charge in [-0.05, 0) is 49.6 Å². The van der Waals surface area contributed by atoms with E-state index in [-0.39, 0.29) is 23.7 Å². The highest BCUT2D eigenvalue weighted by atomic mass is 19.1. The van der Waals surface area contributed by atoms with Gasteiger partial charge in [0.25, 0.3) is 0 Å². The van der Waals surface area contributed by atoms with Crippen LogP contribution >= 0.6 is 0 Å². The van der Waals surface area contributed by atoms with Gasteiger partial charge in [0.1, 0.15) is 5.82 Å². The van der Waals surface area contributed by atoms with Crippen molar-refractivity contribution >= 4 is 17.6 Å². The largest absolute Gasteiger partial charge is 0.478 e. The molecule has 6 heteroatoms. The van der Waals surface area contributed by atoms with E-state index in [1.807, 2.05) is 13.8 Å².